The van der Waals surface area contributed by atoms with Crippen molar-refractivity contribution in [2.24, 2.45) is 0 Å². The summed E-state index contributed by atoms with van der Waals surface area (Å²) in [6, 6.07) is 5.47. The number of anilines is 1. The van der Waals surface area contributed by atoms with Gasteiger partial charge in [0, 0.05) is 17.6 Å². The Labute approximate surface area is 185 Å². The zero-order valence-electron chi connectivity index (χ0n) is 17.3. The van der Waals surface area contributed by atoms with Crippen molar-refractivity contribution in [1.82, 2.24) is 19.5 Å². The van der Waals surface area contributed by atoms with Crippen LogP contribution in [0.4, 0.5) is 19.1 Å². The molecule has 0 aliphatic carbocycles. The fourth-order valence-corrected chi connectivity index (χ4v) is 4.29. The molecule has 1 aromatic carbocycles. The highest BCUT2D eigenvalue weighted by molar-refractivity contribution is 7.11. The standard InChI is InChI=1S/C20H20F3N5O3S/c1-3-31-13-5-4-12-8-27(10-16(29)15(12)6-13)18-25-11(2)28(19(30)26-18)9-14-7-24-17(32-14)20(21,22)23/h4-7,16,29H,3,8-10H2,1-2H3. The van der Waals surface area contributed by atoms with E-state index >= 15 is 0 Å². The monoisotopic (exact) mass is 467 g/mol. The van der Waals surface area contributed by atoms with Gasteiger partial charge in [-0.25, -0.2) is 9.78 Å². The number of ether oxygens (including phenoxy) is 1. The van der Waals surface area contributed by atoms with Crippen LogP contribution in [-0.2, 0) is 19.3 Å². The number of aliphatic hydroxyl groups excluding tert-OH is 1. The first-order valence-corrected chi connectivity index (χ1v) is 10.6. The molecule has 1 atom stereocenters. The largest absolute Gasteiger partial charge is 0.494 e. The summed E-state index contributed by atoms with van der Waals surface area (Å²) in [6.07, 6.45) is -4.25. The van der Waals surface area contributed by atoms with E-state index in [0.29, 0.717) is 36.1 Å². The van der Waals surface area contributed by atoms with Gasteiger partial charge < -0.3 is 14.7 Å². The maximum Gasteiger partial charge on any atom is 0.443 e. The molecule has 0 spiro atoms. The summed E-state index contributed by atoms with van der Waals surface area (Å²) in [6.45, 7) is 4.46. The first-order chi connectivity index (χ1) is 15.2. The minimum absolute atomic E-state index is 0.107. The van der Waals surface area contributed by atoms with Crippen LogP contribution in [0.1, 0.15) is 39.9 Å². The lowest BCUT2D eigenvalue weighted by Crippen LogP contribution is -2.38. The first-order valence-electron chi connectivity index (χ1n) is 9.81. The summed E-state index contributed by atoms with van der Waals surface area (Å²) in [4.78, 5) is 26.3. The van der Waals surface area contributed by atoms with Crippen LogP contribution in [0.2, 0.25) is 0 Å². The van der Waals surface area contributed by atoms with E-state index in [9.17, 15) is 23.1 Å². The van der Waals surface area contributed by atoms with Gasteiger partial charge in [-0.05, 0) is 37.1 Å². The first kappa shape index (κ1) is 22.2. The van der Waals surface area contributed by atoms with Gasteiger partial charge in [-0.3, -0.25) is 4.57 Å². The molecule has 0 fully saturated rings. The maximum atomic E-state index is 12.8. The summed E-state index contributed by atoms with van der Waals surface area (Å²) in [5.74, 6) is 1.13. The van der Waals surface area contributed by atoms with Gasteiger partial charge in [0.1, 0.15) is 11.6 Å². The third kappa shape index (κ3) is 4.46. The minimum atomic E-state index is -4.53. The number of halogens is 3. The van der Waals surface area contributed by atoms with Crippen molar-refractivity contribution >= 4 is 17.3 Å². The van der Waals surface area contributed by atoms with Crippen LogP contribution in [0, 0.1) is 6.92 Å². The van der Waals surface area contributed by atoms with Gasteiger partial charge in [0.25, 0.3) is 0 Å². The molecular formula is C20H20F3N5O3S. The molecular weight excluding hydrogens is 447 g/mol. The Morgan fingerprint density at radius 1 is 1.31 bits per heavy atom. The molecule has 1 N–H and O–H groups in total. The second-order valence-electron chi connectivity index (χ2n) is 7.26. The zero-order chi connectivity index (χ0) is 23.0. The number of rotatable bonds is 5. The third-order valence-corrected chi connectivity index (χ3v) is 6.04. The van der Waals surface area contributed by atoms with Gasteiger partial charge in [-0.1, -0.05) is 6.07 Å². The van der Waals surface area contributed by atoms with Crippen LogP contribution in [0.15, 0.2) is 29.2 Å². The van der Waals surface area contributed by atoms with Gasteiger partial charge >= 0.3 is 11.9 Å². The molecule has 1 aliphatic heterocycles. The number of benzene rings is 1. The summed E-state index contributed by atoms with van der Waals surface area (Å²) in [5.41, 5.74) is 0.978. The van der Waals surface area contributed by atoms with E-state index in [-0.39, 0.29) is 23.9 Å². The molecule has 1 aliphatic rings. The van der Waals surface area contributed by atoms with Gasteiger partial charge in [-0.2, -0.15) is 23.1 Å². The molecule has 32 heavy (non-hydrogen) atoms. The molecule has 0 saturated heterocycles. The number of hydrogen-bond acceptors (Lipinski definition) is 8. The van der Waals surface area contributed by atoms with Crippen molar-refractivity contribution in [3.8, 4) is 5.75 Å². The number of aliphatic hydroxyl groups is 1. The van der Waals surface area contributed by atoms with E-state index in [4.69, 9.17) is 4.74 Å². The molecule has 0 radical (unpaired) electrons. The van der Waals surface area contributed by atoms with Crippen LogP contribution >= 0.6 is 11.3 Å². The van der Waals surface area contributed by atoms with E-state index in [0.717, 1.165) is 17.3 Å². The quantitative estimate of drug-likeness (QED) is 0.617. The fourth-order valence-electron chi connectivity index (χ4n) is 3.52. The van der Waals surface area contributed by atoms with Crippen molar-refractivity contribution in [3.63, 3.8) is 0 Å². The molecule has 3 aromatic rings. The second-order valence-corrected chi connectivity index (χ2v) is 8.37. The Morgan fingerprint density at radius 3 is 2.75 bits per heavy atom. The molecule has 0 amide bonds. The van der Waals surface area contributed by atoms with E-state index < -0.39 is 23.0 Å². The molecule has 12 heteroatoms. The van der Waals surface area contributed by atoms with Crippen molar-refractivity contribution in [2.75, 3.05) is 18.1 Å². The van der Waals surface area contributed by atoms with Gasteiger partial charge in [0.15, 0.2) is 5.01 Å². The highest BCUT2D eigenvalue weighted by Crippen LogP contribution is 2.33. The molecule has 1 unspecified atom stereocenters. The van der Waals surface area contributed by atoms with Crippen LogP contribution in [0.25, 0.3) is 0 Å². The average molecular weight is 467 g/mol. The number of aryl methyl sites for hydroxylation is 1. The molecule has 0 saturated carbocycles. The van der Waals surface area contributed by atoms with E-state index in [1.807, 2.05) is 19.1 Å². The SMILES string of the molecule is CCOc1ccc2c(c1)C(O)CN(c1nc(C)n(Cc3cnc(C(F)(F)F)s3)c(=O)n1)C2. The molecule has 3 heterocycles. The van der Waals surface area contributed by atoms with Crippen LogP contribution < -0.4 is 15.3 Å². The Kier molecular flexibility index (Phi) is 5.91. The summed E-state index contributed by atoms with van der Waals surface area (Å²) in [7, 11) is 0. The number of aromatic nitrogens is 4. The molecule has 8 nitrogen and oxygen atoms in total. The van der Waals surface area contributed by atoms with Crippen molar-refractivity contribution < 1.29 is 23.0 Å². The number of alkyl halides is 3. The van der Waals surface area contributed by atoms with Gasteiger partial charge in [-0.15, -0.1) is 11.3 Å². The lowest BCUT2D eigenvalue weighted by atomic mass is 9.97. The highest BCUT2D eigenvalue weighted by Gasteiger charge is 2.34. The predicted octanol–water partition coefficient (Wildman–Crippen LogP) is 2.92. The van der Waals surface area contributed by atoms with Crippen molar-refractivity contribution in [1.29, 1.82) is 0 Å². The molecule has 170 valence electrons. The average Bonchev–Trinajstić information content (AvgIpc) is 3.20. The van der Waals surface area contributed by atoms with Crippen LogP contribution in [0.5, 0.6) is 5.75 Å². The zero-order valence-corrected chi connectivity index (χ0v) is 18.1. The van der Waals surface area contributed by atoms with Crippen molar-refractivity contribution in [3.05, 3.63) is 61.7 Å². The maximum absolute atomic E-state index is 12.8. The normalized spacial score (nSPS) is 16.2. The number of fused-ring (bicyclic) bond motifs is 1. The van der Waals surface area contributed by atoms with Gasteiger partial charge in [0.05, 0.1) is 25.8 Å². The summed E-state index contributed by atoms with van der Waals surface area (Å²) in [5, 5.41) is 9.64. The fraction of sp³-hybridized carbons (Fsp3) is 0.400. The second kappa shape index (κ2) is 8.51. The molecule has 2 aromatic heterocycles. The Morgan fingerprint density at radius 2 is 2.09 bits per heavy atom. The Bertz CT molecular complexity index is 1190. The lowest BCUT2D eigenvalue weighted by Gasteiger charge is -2.32. The van der Waals surface area contributed by atoms with Crippen molar-refractivity contribution in [2.45, 2.75) is 39.2 Å². The van der Waals surface area contributed by atoms with E-state index in [2.05, 4.69) is 15.0 Å². The number of β-amino-alcohol motifs (C(OH)–C–C–N with tert-alkyl or cyclic N) is 1. The topological polar surface area (TPSA) is 93.4 Å². The minimum Gasteiger partial charge on any atom is -0.494 e. The predicted molar refractivity (Wildman–Crippen MR) is 111 cm³/mol. The summed E-state index contributed by atoms with van der Waals surface area (Å²) < 4.78 is 45.0. The highest BCUT2D eigenvalue weighted by atomic mass is 32.1. The number of hydrogen-bond donors (Lipinski definition) is 1. The smallest absolute Gasteiger partial charge is 0.443 e. The molecule has 0 bridgehead atoms. The Hall–Kier alpha value is -2.99. The van der Waals surface area contributed by atoms with E-state index in [1.54, 1.807) is 17.9 Å². The third-order valence-electron chi connectivity index (χ3n) is 5.01. The molecule has 4 rings (SSSR count). The van der Waals surface area contributed by atoms with Crippen LogP contribution in [0.3, 0.4) is 0 Å². The lowest BCUT2D eigenvalue weighted by molar-refractivity contribution is -0.137. The number of nitrogens with zero attached hydrogens (tertiary/aromatic N) is 5. The Balaban J connectivity index is 1.57. The van der Waals surface area contributed by atoms with Crippen LogP contribution in [-0.4, -0.2) is 37.8 Å². The summed E-state index contributed by atoms with van der Waals surface area (Å²) >= 11 is 0.476. The van der Waals surface area contributed by atoms with Gasteiger partial charge in [0.2, 0.25) is 5.95 Å². The number of thiazole rings is 1. The van der Waals surface area contributed by atoms with E-state index in [1.165, 1.54) is 4.57 Å².